The topological polar surface area (TPSA) is 78.9 Å². The smallest absolute Gasteiger partial charge is 0.317 e. The Bertz CT molecular complexity index is 271. The maximum absolute atomic E-state index is 11.9. The van der Waals surface area contributed by atoms with E-state index in [1.165, 1.54) is 4.90 Å². The maximum atomic E-state index is 11.9. The Kier molecular flexibility index (Phi) is 8.11. The van der Waals surface area contributed by atoms with E-state index in [1.54, 1.807) is 14.2 Å². The molecule has 0 saturated heterocycles. The zero-order chi connectivity index (χ0) is 14.1. The van der Waals surface area contributed by atoms with Crippen LogP contribution in [0.3, 0.4) is 0 Å². The summed E-state index contributed by atoms with van der Waals surface area (Å²) in [5, 5.41) is 11.5. The number of likely N-dealkylation sites (N-methyl/N-ethyl adjacent to an activating group) is 1. The number of carbonyl (C=O) groups excluding carboxylic acids is 1. The first-order valence-electron chi connectivity index (χ1n) is 6.16. The van der Waals surface area contributed by atoms with E-state index in [1.807, 2.05) is 13.8 Å². The van der Waals surface area contributed by atoms with Crippen molar-refractivity contribution < 1.29 is 19.4 Å². The minimum Gasteiger partial charge on any atom is -0.481 e. The van der Waals surface area contributed by atoms with Gasteiger partial charge in [0.2, 0.25) is 0 Å². The lowest BCUT2D eigenvalue weighted by Crippen LogP contribution is -2.48. The number of hydrogen-bond donors (Lipinski definition) is 2. The van der Waals surface area contributed by atoms with Gasteiger partial charge in [-0.05, 0) is 13.3 Å². The first kappa shape index (κ1) is 16.7. The molecule has 0 fully saturated rings. The number of hydrogen-bond acceptors (Lipinski definition) is 3. The molecule has 0 saturated carbocycles. The number of methoxy groups -OCH3 is 1. The van der Waals surface area contributed by atoms with Crippen molar-refractivity contribution in [3.8, 4) is 0 Å². The number of rotatable bonds is 8. The molecule has 18 heavy (non-hydrogen) atoms. The second-order valence-electron chi connectivity index (χ2n) is 4.45. The number of carbonyl (C=O) groups is 2. The molecule has 0 aromatic rings. The third-order valence-electron chi connectivity index (χ3n) is 2.78. The summed E-state index contributed by atoms with van der Waals surface area (Å²) in [6.07, 6.45) is 1.44. The molecule has 0 rings (SSSR count). The molecule has 0 heterocycles. The predicted molar refractivity (Wildman–Crippen MR) is 68.6 cm³/mol. The fraction of sp³-hybridized carbons (Fsp3) is 0.833. The Morgan fingerprint density at radius 3 is 2.50 bits per heavy atom. The van der Waals surface area contributed by atoms with Gasteiger partial charge >= 0.3 is 12.0 Å². The molecule has 0 aromatic heterocycles. The number of carboxylic acid groups (broad SMARTS) is 1. The maximum Gasteiger partial charge on any atom is 0.317 e. The highest BCUT2D eigenvalue weighted by Crippen LogP contribution is 2.04. The van der Waals surface area contributed by atoms with Crippen molar-refractivity contribution in [2.45, 2.75) is 45.2 Å². The van der Waals surface area contributed by atoms with Crippen molar-refractivity contribution in [3.05, 3.63) is 0 Å². The molecule has 2 unspecified atom stereocenters. The largest absolute Gasteiger partial charge is 0.481 e. The first-order chi connectivity index (χ1) is 8.42. The van der Waals surface area contributed by atoms with Crippen molar-refractivity contribution in [2.75, 3.05) is 20.8 Å². The molecule has 6 heteroatoms. The minimum absolute atomic E-state index is 0.0495. The van der Waals surface area contributed by atoms with Crippen LogP contribution >= 0.6 is 0 Å². The van der Waals surface area contributed by atoms with E-state index in [9.17, 15) is 9.59 Å². The standard InChI is InChI=1S/C12H24N2O4/c1-5-6-10(7-11(15)16)13-12(17)14(3)9(2)8-18-4/h9-10H,5-8H2,1-4H3,(H,13,17)(H,15,16). The summed E-state index contributed by atoms with van der Waals surface area (Å²) in [6.45, 7) is 4.27. The van der Waals surface area contributed by atoms with Gasteiger partial charge in [-0.2, -0.15) is 0 Å². The van der Waals surface area contributed by atoms with Crippen LogP contribution in [0.25, 0.3) is 0 Å². The highest BCUT2D eigenvalue weighted by atomic mass is 16.5. The van der Waals surface area contributed by atoms with Crippen LogP contribution in [-0.2, 0) is 9.53 Å². The summed E-state index contributed by atoms with van der Waals surface area (Å²) in [5.74, 6) is -0.902. The van der Waals surface area contributed by atoms with Crippen LogP contribution in [0.2, 0.25) is 0 Å². The van der Waals surface area contributed by atoms with Gasteiger partial charge in [0.1, 0.15) is 0 Å². The third kappa shape index (κ3) is 6.44. The lowest BCUT2D eigenvalue weighted by atomic mass is 10.1. The lowest BCUT2D eigenvalue weighted by Gasteiger charge is -2.27. The minimum atomic E-state index is -0.902. The highest BCUT2D eigenvalue weighted by Gasteiger charge is 2.20. The molecule has 6 nitrogen and oxygen atoms in total. The number of aliphatic carboxylic acids is 1. The number of amides is 2. The van der Waals surface area contributed by atoms with E-state index in [0.29, 0.717) is 13.0 Å². The van der Waals surface area contributed by atoms with Crippen molar-refractivity contribution in [1.82, 2.24) is 10.2 Å². The van der Waals surface area contributed by atoms with Crippen LogP contribution in [0.15, 0.2) is 0 Å². The van der Waals surface area contributed by atoms with Crippen molar-refractivity contribution in [2.24, 2.45) is 0 Å². The first-order valence-corrected chi connectivity index (χ1v) is 6.16. The molecule has 0 radical (unpaired) electrons. The average Bonchev–Trinajstić information content (AvgIpc) is 2.27. The Balaban J connectivity index is 4.34. The van der Waals surface area contributed by atoms with Crippen LogP contribution in [0.1, 0.15) is 33.1 Å². The predicted octanol–water partition coefficient (Wildman–Crippen LogP) is 1.31. The molecule has 0 bridgehead atoms. The molecule has 2 atom stereocenters. The molecule has 2 N–H and O–H groups in total. The number of ether oxygens (including phenoxy) is 1. The summed E-state index contributed by atoms with van der Waals surface area (Å²) in [4.78, 5) is 24.1. The fourth-order valence-corrected chi connectivity index (χ4v) is 1.61. The van der Waals surface area contributed by atoms with Gasteiger partial charge in [0.15, 0.2) is 0 Å². The van der Waals surface area contributed by atoms with Crippen LogP contribution in [0.4, 0.5) is 4.79 Å². The van der Waals surface area contributed by atoms with Crippen LogP contribution in [0.5, 0.6) is 0 Å². The normalized spacial score (nSPS) is 13.8. The summed E-state index contributed by atoms with van der Waals surface area (Å²) < 4.78 is 4.98. The molecular formula is C12H24N2O4. The number of nitrogens with zero attached hydrogens (tertiary/aromatic N) is 1. The van der Waals surface area contributed by atoms with Crippen molar-refractivity contribution in [3.63, 3.8) is 0 Å². The Morgan fingerprint density at radius 1 is 1.44 bits per heavy atom. The Labute approximate surface area is 108 Å². The van der Waals surface area contributed by atoms with Gasteiger partial charge in [0.05, 0.1) is 19.1 Å². The van der Waals surface area contributed by atoms with E-state index in [4.69, 9.17) is 9.84 Å². The quantitative estimate of drug-likeness (QED) is 0.689. The molecule has 0 aliphatic carbocycles. The van der Waals surface area contributed by atoms with Crippen LogP contribution < -0.4 is 5.32 Å². The molecular weight excluding hydrogens is 236 g/mol. The molecule has 106 valence electrons. The van der Waals surface area contributed by atoms with Gasteiger partial charge < -0.3 is 20.1 Å². The van der Waals surface area contributed by atoms with Crippen molar-refractivity contribution >= 4 is 12.0 Å². The highest BCUT2D eigenvalue weighted by molar-refractivity contribution is 5.76. The van der Waals surface area contributed by atoms with Gasteiger partial charge in [-0.25, -0.2) is 4.79 Å². The van der Waals surface area contributed by atoms with Crippen molar-refractivity contribution in [1.29, 1.82) is 0 Å². The average molecular weight is 260 g/mol. The number of carboxylic acids is 1. The van der Waals surface area contributed by atoms with Crippen LogP contribution in [-0.4, -0.2) is 54.9 Å². The second-order valence-corrected chi connectivity index (χ2v) is 4.45. The van der Waals surface area contributed by atoms with Gasteiger partial charge in [-0.15, -0.1) is 0 Å². The van der Waals surface area contributed by atoms with Gasteiger partial charge in [-0.1, -0.05) is 13.3 Å². The summed E-state index contributed by atoms with van der Waals surface area (Å²) in [5.41, 5.74) is 0. The van der Waals surface area contributed by atoms with Crippen LogP contribution in [0, 0.1) is 0 Å². The van der Waals surface area contributed by atoms with E-state index in [-0.39, 0.29) is 24.5 Å². The fourth-order valence-electron chi connectivity index (χ4n) is 1.61. The molecule has 0 aliphatic heterocycles. The third-order valence-corrected chi connectivity index (χ3v) is 2.78. The number of nitrogens with one attached hydrogen (secondary N) is 1. The molecule has 0 spiro atoms. The second kappa shape index (κ2) is 8.74. The Hall–Kier alpha value is -1.30. The number of urea groups is 1. The van der Waals surface area contributed by atoms with E-state index >= 15 is 0 Å². The summed E-state index contributed by atoms with van der Waals surface area (Å²) in [7, 11) is 3.25. The van der Waals surface area contributed by atoms with Gasteiger partial charge in [0, 0.05) is 20.2 Å². The molecule has 0 aliphatic rings. The zero-order valence-corrected chi connectivity index (χ0v) is 11.6. The van der Waals surface area contributed by atoms with E-state index in [2.05, 4.69) is 5.32 Å². The van der Waals surface area contributed by atoms with E-state index in [0.717, 1.165) is 6.42 Å². The molecule has 2 amide bonds. The summed E-state index contributed by atoms with van der Waals surface area (Å²) >= 11 is 0. The summed E-state index contributed by atoms with van der Waals surface area (Å²) in [6, 6.07) is -0.640. The molecule has 0 aromatic carbocycles. The van der Waals surface area contributed by atoms with Gasteiger partial charge in [0.25, 0.3) is 0 Å². The van der Waals surface area contributed by atoms with E-state index < -0.39 is 5.97 Å². The monoisotopic (exact) mass is 260 g/mol. The van der Waals surface area contributed by atoms with Gasteiger partial charge in [-0.3, -0.25) is 4.79 Å². The lowest BCUT2D eigenvalue weighted by molar-refractivity contribution is -0.137. The zero-order valence-electron chi connectivity index (χ0n) is 11.6. The Morgan fingerprint density at radius 2 is 2.06 bits per heavy atom. The SMILES string of the molecule is CCCC(CC(=O)O)NC(=O)N(C)C(C)COC.